The summed E-state index contributed by atoms with van der Waals surface area (Å²) in [4.78, 5) is 8.34. The van der Waals surface area contributed by atoms with Gasteiger partial charge in [-0.2, -0.15) is 0 Å². The molecule has 0 atom stereocenters. The van der Waals surface area contributed by atoms with Gasteiger partial charge in [0, 0.05) is 23.3 Å². The summed E-state index contributed by atoms with van der Waals surface area (Å²) in [6.07, 6.45) is 3.41. The first-order valence-electron chi connectivity index (χ1n) is 6.00. The van der Waals surface area contributed by atoms with Crippen LogP contribution in [0.4, 0.5) is 0 Å². The molecule has 0 radical (unpaired) electrons. The van der Waals surface area contributed by atoms with Crippen LogP contribution < -0.4 is 4.74 Å². The molecule has 5 heteroatoms. The summed E-state index contributed by atoms with van der Waals surface area (Å²) < 4.78 is 5.80. The fourth-order valence-electron chi connectivity index (χ4n) is 1.88. The maximum absolute atomic E-state index is 6.14. The second-order valence-electron chi connectivity index (χ2n) is 4.22. The van der Waals surface area contributed by atoms with E-state index in [2.05, 4.69) is 9.97 Å². The number of ether oxygens (including phenoxy) is 1. The van der Waals surface area contributed by atoms with E-state index in [-0.39, 0.29) is 0 Å². The van der Waals surface area contributed by atoms with Crippen molar-refractivity contribution in [2.75, 3.05) is 0 Å². The molecular weight excluding hydrogens is 295 g/mol. The third-order valence-electron chi connectivity index (χ3n) is 2.86. The van der Waals surface area contributed by atoms with Gasteiger partial charge in [0.2, 0.25) is 0 Å². The molecule has 20 heavy (non-hydrogen) atoms. The second-order valence-corrected chi connectivity index (χ2v) is 5.02. The van der Waals surface area contributed by atoms with Gasteiger partial charge in [0.25, 0.3) is 0 Å². The van der Waals surface area contributed by atoms with E-state index in [1.165, 1.54) is 0 Å². The van der Waals surface area contributed by atoms with Gasteiger partial charge in [0.05, 0.1) is 5.02 Å². The molecule has 0 saturated carbocycles. The average molecular weight is 305 g/mol. The van der Waals surface area contributed by atoms with Crippen LogP contribution in [0.15, 0.2) is 48.8 Å². The van der Waals surface area contributed by atoms with Gasteiger partial charge in [-0.3, -0.25) is 4.98 Å². The number of benzene rings is 1. The summed E-state index contributed by atoms with van der Waals surface area (Å²) in [7, 11) is 0. The smallest absolute Gasteiger partial charge is 0.146 e. The van der Waals surface area contributed by atoms with E-state index in [0.29, 0.717) is 22.5 Å². The van der Waals surface area contributed by atoms with Crippen LogP contribution in [0.5, 0.6) is 5.75 Å². The molecule has 3 rings (SSSR count). The third-order valence-corrected chi connectivity index (χ3v) is 3.42. The monoisotopic (exact) mass is 304 g/mol. The van der Waals surface area contributed by atoms with Gasteiger partial charge in [-0.05, 0) is 30.3 Å². The van der Waals surface area contributed by atoms with Crippen LogP contribution >= 0.6 is 23.2 Å². The van der Waals surface area contributed by atoms with Gasteiger partial charge in [-0.1, -0.05) is 29.3 Å². The predicted octanol–water partition coefficient (Wildman–Crippen LogP) is 4.52. The van der Waals surface area contributed by atoms with Crippen LogP contribution in [0.1, 0.15) is 5.56 Å². The summed E-state index contributed by atoms with van der Waals surface area (Å²) in [5.74, 6) is 0.694. The van der Waals surface area contributed by atoms with Gasteiger partial charge in [0.1, 0.15) is 23.0 Å². The van der Waals surface area contributed by atoms with Gasteiger partial charge < -0.3 is 4.74 Å². The Morgan fingerprint density at radius 2 is 1.90 bits per heavy atom. The molecule has 3 aromatic rings. The van der Waals surface area contributed by atoms with Gasteiger partial charge in [-0.25, -0.2) is 4.98 Å². The maximum Gasteiger partial charge on any atom is 0.146 e. The molecule has 2 aromatic heterocycles. The highest BCUT2D eigenvalue weighted by Gasteiger charge is 2.07. The quantitative estimate of drug-likeness (QED) is 0.668. The highest BCUT2D eigenvalue weighted by Crippen LogP contribution is 2.30. The summed E-state index contributed by atoms with van der Waals surface area (Å²) in [6.45, 7) is 0.400. The Labute approximate surface area is 126 Å². The lowest BCUT2D eigenvalue weighted by atomic mass is 10.2. The number of halogens is 2. The molecule has 0 bridgehead atoms. The van der Waals surface area contributed by atoms with Crippen molar-refractivity contribution in [2.24, 2.45) is 0 Å². The molecular formula is C15H10Cl2N2O. The molecule has 0 aliphatic carbocycles. The molecule has 0 fully saturated rings. The normalized spacial score (nSPS) is 10.7. The number of hydrogen-bond acceptors (Lipinski definition) is 3. The lowest BCUT2D eigenvalue weighted by Gasteiger charge is -2.09. The van der Waals surface area contributed by atoms with Crippen molar-refractivity contribution in [3.05, 3.63) is 64.5 Å². The first-order chi connectivity index (χ1) is 9.74. The Kier molecular flexibility index (Phi) is 3.72. The van der Waals surface area contributed by atoms with Crippen molar-refractivity contribution < 1.29 is 4.74 Å². The maximum atomic E-state index is 6.14. The predicted molar refractivity (Wildman–Crippen MR) is 80.3 cm³/mol. The molecule has 0 spiro atoms. The topological polar surface area (TPSA) is 35.0 Å². The Morgan fingerprint density at radius 3 is 2.70 bits per heavy atom. The number of rotatable bonds is 3. The van der Waals surface area contributed by atoms with Crippen LogP contribution in [0.25, 0.3) is 10.9 Å². The Hall–Kier alpha value is -1.84. The fourth-order valence-corrected chi connectivity index (χ4v) is 2.21. The minimum Gasteiger partial charge on any atom is -0.487 e. The molecule has 2 heterocycles. The summed E-state index contributed by atoms with van der Waals surface area (Å²) in [5, 5.41) is 2.00. The van der Waals surface area contributed by atoms with Crippen molar-refractivity contribution in [3.63, 3.8) is 0 Å². The molecule has 0 N–H and O–H groups in total. The number of pyridine rings is 2. The Balaban J connectivity index is 1.88. The molecule has 100 valence electrons. The molecule has 3 nitrogen and oxygen atoms in total. The van der Waals surface area contributed by atoms with E-state index in [4.69, 9.17) is 27.9 Å². The first kappa shape index (κ1) is 13.2. The van der Waals surface area contributed by atoms with Crippen LogP contribution in [0.2, 0.25) is 10.2 Å². The SMILES string of the molecule is Clc1ccc(COc2ccc(Cl)c3cccnc23)cn1. The zero-order valence-electron chi connectivity index (χ0n) is 10.4. The van der Waals surface area contributed by atoms with Crippen LogP contribution in [-0.4, -0.2) is 9.97 Å². The largest absolute Gasteiger partial charge is 0.487 e. The van der Waals surface area contributed by atoms with Crippen molar-refractivity contribution in [2.45, 2.75) is 6.61 Å². The van der Waals surface area contributed by atoms with Crippen molar-refractivity contribution >= 4 is 34.1 Å². The molecule has 0 aliphatic rings. The zero-order valence-corrected chi connectivity index (χ0v) is 11.9. The average Bonchev–Trinajstić information content (AvgIpc) is 2.49. The highest BCUT2D eigenvalue weighted by atomic mass is 35.5. The van der Waals surface area contributed by atoms with Crippen LogP contribution in [0, 0.1) is 0 Å². The minimum atomic E-state index is 0.400. The van der Waals surface area contributed by atoms with Crippen molar-refractivity contribution in [1.29, 1.82) is 0 Å². The van der Waals surface area contributed by atoms with E-state index >= 15 is 0 Å². The number of aromatic nitrogens is 2. The molecule has 0 amide bonds. The molecule has 0 aliphatic heterocycles. The van der Waals surface area contributed by atoms with E-state index in [1.54, 1.807) is 24.5 Å². The standard InChI is InChI=1S/C15H10Cl2N2O/c16-12-4-5-13(15-11(12)2-1-7-18-15)20-9-10-3-6-14(17)19-8-10/h1-8H,9H2. The lowest BCUT2D eigenvalue weighted by molar-refractivity contribution is 0.309. The van der Waals surface area contributed by atoms with Crippen LogP contribution in [0.3, 0.4) is 0 Å². The second kappa shape index (κ2) is 5.65. The highest BCUT2D eigenvalue weighted by molar-refractivity contribution is 6.35. The van der Waals surface area contributed by atoms with E-state index in [1.807, 2.05) is 24.3 Å². The van der Waals surface area contributed by atoms with Crippen molar-refractivity contribution in [3.8, 4) is 5.75 Å². The van der Waals surface area contributed by atoms with E-state index in [9.17, 15) is 0 Å². The lowest BCUT2D eigenvalue weighted by Crippen LogP contribution is -1.97. The first-order valence-corrected chi connectivity index (χ1v) is 6.76. The summed E-state index contributed by atoms with van der Waals surface area (Å²) in [6, 6.07) is 11.0. The summed E-state index contributed by atoms with van der Waals surface area (Å²) in [5.41, 5.74) is 1.69. The third kappa shape index (κ3) is 2.69. The number of hydrogen-bond donors (Lipinski definition) is 0. The number of nitrogens with zero attached hydrogens (tertiary/aromatic N) is 2. The van der Waals surface area contributed by atoms with E-state index in [0.717, 1.165) is 16.5 Å². The minimum absolute atomic E-state index is 0.400. The number of fused-ring (bicyclic) bond motifs is 1. The van der Waals surface area contributed by atoms with Crippen LogP contribution in [-0.2, 0) is 6.61 Å². The Bertz CT molecular complexity index is 744. The zero-order chi connectivity index (χ0) is 13.9. The van der Waals surface area contributed by atoms with Gasteiger partial charge in [-0.15, -0.1) is 0 Å². The fraction of sp³-hybridized carbons (Fsp3) is 0.0667. The summed E-state index contributed by atoms with van der Waals surface area (Å²) >= 11 is 11.9. The van der Waals surface area contributed by atoms with Gasteiger partial charge >= 0.3 is 0 Å². The van der Waals surface area contributed by atoms with Gasteiger partial charge in [0.15, 0.2) is 0 Å². The molecule has 1 aromatic carbocycles. The Morgan fingerprint density at radius 1 is 1.00 bits per heavy atom. The van der Waals surface area contributed by atoms with E-state index < -0.39 is 0 Å². The van der Waals surface area contributed by atoms with Crippen molar-refractivity contribution in [1.82, 2.24) is 9.97 Å². The molecule has 0 saturated heterocycles. The molecule has 0 unspecified atom stereocenters.